The van der Waals surface area contributed by atoms with E-state index in [1.54, 1.807) is 0 Å². The Balaban J connectivity index is 2.08. The van der Waals surface area contributed by atoms with Crippen molar-refractivity contribution in [3.8, 4) is 0 Å². The number of fused-ring (bicyclic) bond motifs is 1. The van der Waals surface area contributed by atoms with E-state index in [-0.39, 0.29) is 0 Å². The third kappa shape index (κ3) is 4.72. The molecule has 0 bridgehead atoms. The number of hydrogen-bond acceptors (Lipinski definition) is 2. The van der Waals surface area contributed by atoms with E-state index in [4.69, 9.17) is 4.99 Å². The normalized spacial score (nSPS) is 11.9. The number of rotatable bonds is 6. The third-order valence-electron chi connectivity index (χ3n) is 3.51. The Hall–Kier alpha value is -2.10. The predicted molar refractivity (Wildman–Crippen MR) is 94.0 cm³/mol. The van der Waals surface area contributed by atoms with Crippen LogP contribution in [-0.2, 0) is 6.54 Å². The molecule has 118 valence electrons. The number of aliphatic imine (C=N–C) groups is 1. The van der Waals surface area contributed by atoms with E-state index in [0.29, 0.717) is 12.5 Å². The Morgan fingerprint density at radius 2 is 2.00 bits per heavy atom. The van der Waals surface area contributed by atoms with Crippen LogP contribution in [0.1, 0.15) is 32.8 Å². The van der Waals surface area contributed by atoms with Crippen LogP contribution in [0.15, 0.2) is 41.5 Å². The highest BCUT2D eigenvalue weighted by Gasteiger charge is 2.02. The minimum Gasteiger partial charge on any atom is -0.357 e. The molecular formula is C18H26N4. The molecule has 0 radical (unpaired) electrons. The molecule has 2 aromatic rings. The van der Waals surface area contributed by atoms with Gasteiger partial charge in [0.25, 0.3) is 0 Å². The van der Waals surface area contributed by atoms with E-state index < -0.39 is 0 Å². The van der Waals surface area contributed by atoms with Crippen LogP contribution in [0.2, 0.25) is 0 Å². The van der Waals surface area contributed by atoms with Crippen molar-refractivity contribution in [3.05, 3.63) is 42.1 Å². The van der Waals surface area contributed by atoms with Crippen molar-refractivity contribution in [2.45, 2.75) is 33.7 Å². The van der Waals surface area contributed by atoms with Gasteiger partial charge in [-0.05, 0) is 37.0 Å². The lowest BCUT2D eigenvalue weighted by Crippen LogP contribution is -2.38. The fourth-order valence-electron chi connectivity index (χ4n) is 2.28. The minimum absolute atomic E-state index is 0.653. The molecule has 0 unspecified atom stereocenters. The molecular weight excluding hydrogens is 272 g/mol. The van der Waals surface area contributed by atoms with Crippen molar-refractivity contribution in [3.63, 3.8) is 0 Å². The zero-order valence-corrected chi connectivity index (χ0v) is 13.8. The molecule has 0 spiro atoms. The largest absolute Gasteiger partial charge is 0.357 e. The second kappa shape index (κ2) is 8.37. The molecule has 2 rings (SSSR count). The van der Waals surface area contributed by atoms with Crippen LogP contribution in [0.4, 0.5) is 0 Å². The average Bonchev–Trinajstić information content (AvgIpc) is 2.52. The molecule has 0 aliphatic heterocycles. The maximum absolute atomic E-state index is 4.70. The Labute approximate surface area is 133 Å². The molecule has 0 fully saturated rings. The van der Waals surface area contributed by atoms with Gasteiger partial charge in [0, 0.05) is 24.7 Å². The van der Waals surface area contributed by atoms with Crippen molar-refractivity contribution in [2.24, 2.45) is 10.9 Å². The summed E-state index contributed by atoms with van der Waals surface area (Å²) in [7, 11) is 0. The first-order chi connectivity index (χ1) is 10.7. The highest BCUT2D eigenvalue weighted by atomic mass is 15.2. The highest BCUT2D eigenvalue weighted by molar-refractivity contribution is 5.83. The van der Waals surface area contributed by atoms with E-state index in [9.17, 15) is 0 Å². The maximum atomic E-state index is 4.70. The minimum atomic E-state index is 0.653. The van der Waals surface area contributed by atoms with Gasteiger partial charge in [-0.1, -0.05) is 32.0 Å². The van der Waals surface area contributed by atoms with Crippen molar-refractivity contribution in [2.75, 3.05) is 13.1 Å². The summed E-state index contributed by atoms with van der Waals surface area (Å²) >= 11 is 0. The molecule has 4 nitrogen and oxygen atoms in total. The smallest absolute Gasteiger partial charge is 0.191 e. The Kier molecular flexibility index (Phi) is 6.19. The van der Waals surface area contributed by atoms with E-state index >= 15 is 0 Å². The first-order valence-electron chi connectivity index (χ1n) is 8.05. The first kappa shape index (κ1) is 16.3. The van der Waals surface area contributed by atoms with Crippen LogP contribution >= 0.6 is 0 Å². The van der Waals surface area contributed by atoms with Crippen molar-refractivity contribution >= 4 is 16.9 Å². The van der Waals surface area contributed by atoms with Gasteiger partial charge in [-0.25, -0.2) is 4.99 Å². The lowest BCUT2D eigenvalue weighted by atomic mass is 10.1. The topological polar surface area (TPSA) is 49.3 Å². The molecule has 0 amide bonds. The fraction of sp³-hybridized carbons (Fsp3) is 0.444. The summed E-state index contributed by atoms with van der Waals surface area (Å²) in [4.78, 5) is 9.09. The first-order valence-corrected chi connectivity index (χ1v) is 8.05. The lowest BCUT2D eigenvalue weighted by molar-refractivity contribution is 0.573. The summed E-state index contributed by atoms with van der Waals surface area (Å²) in [5.41, 5.74) is 2.22. The number of para-hydroxylation sites is 1. The van der Waals surface area contributed by atoms with E-state index in [0.717, 1.165) is 31.0 Å². The van der Waals surface area contributed by atoms with Gasteiger partial charge in [0.15, 0.2) is 5.96 Å². The maximum Gasteiger partial charge on any atom is 0.191 e. The quantitative estimate of drug-likeness (QED) is 0.635. The molecule has 0 atom stereocenters. The molecule has 4 heteroatoms. The van der Waals surface area contributed by atoms with Crippen LogP contribution in [0, 0.1) is 5.92 Å². The van der Waals surface area contributed by atoms with E-state index in [1.165, 1.54) is 10.9 Å². The van der Waals surface area contributed by atoms with Gasteiger partial charge in [0.1, 0.15) is 0 Å². The number of aromatic nitrogens is 1. The van der Waals surface area contributed by atoms with Gasteiger partial charge < -0.3 is 10.6 Å². The SMILES string of the molecule is CCNC(=NCc1ccnc2ccccc12)NCCC(C)C. The second-order valence-corrected chi connectivity index (χ2v) is 5.79. The van der Waals surface area contributed by atoms with Gasteiger partial charge in [-0.2, -0.15) is 0 Å². The summed E-state index contributed by atoms with van der Waals surface area (Å²) in [6, 6.07) is 10.2. The van der Waals surface area contributed by atoms with Gasteiger partial charge in [-0.3, -0.25) is 4.98 Å². The number of hydrogen-bond donors (Lipinski definition) is 2. The summed E-state index contributed by atoms with van der Waals surface area (Å²) in [6.07, 6.45) is 2.99. The van der Waals surface area contributed by atoms with Crippen molar-refractivity contribution in [1.29, 1.82) is 0 Å². The molecule has 2 N–H and O–H groups in total. The van der Waals surface area contributed by atoms with Crippen LogP contribution in [0.25, 0.3) is 10.9 Å². The van der Waals surface area contributed by atoms with Crippen LogP contribution in [-0.4, -0.2) is 24.0 Å². The molecule has 22 heavy (non-hydrogen) atoms. The standard InChI is InChI=1S/C18H26N4/c1-4-19-18(21-11-9-14(2)3)22-13-15-10-12-20-17-8-6-5-7-16(15)17/h5-8,10,12,14H,4,9,11,13H2,1-3H3,(H2,19,21,22). The number of benzene rings is 1. The number of guanidine groups is 1. The second-order valence-electron chi connectivity index (χ2n) is 5.79. The lowest BCUT2D eigenvalue weighted by Gasteiger charge is -2.12. The summed E-state index contributed by atoms with van der Waals surface area (Å²) in [6.45, 7) is 9.01. The summed E-state index contributed by atoms with van der Waals surface area (Å²) < 4.78 is 0. The Bertz CT molecular complexity index is 614. The van der Waals surface area contributed by atoms with Gasteiger partial charge in [0.2, 0.25) is 0 Å². The van der Waals surface area contributed by atoms with E-state index in [2.05, 4.69) is 42.5 Å². The van der Waals surface area contributed by atoms with Crippen LogP contribution in [0.3, 0.4) is 0 Å². The zero-order valence-electron chi connectivity index (χ0n) is 13.8. The Morgan fingerprint density at radius 3 is 2.77 bits per heavy atom. The molecule has 1 heterocycles. The van der Waals surface area contributed by atoms with Crippen LogP contribution < -0.4 is 10.6 Å². The molecule has 1 aromatic carbocycles. The molecule has 0 aliphatic carbocycles. The van der Waals surface area contributed by atoms with E-state index in [1.807, 2.05) is 30.5 Å². The summed E-state index contributed by atoms with van der Waals surface area (Å²) in [5, 5.41) is 7.86. The molecule has 0 saturated carbocycles. The molecule has 1 aromatic heterocycles. The number of nitrogens with one attached hydrogen (secondary N) is 2. The monoisotopic (exact) mass is 298 g/mol. The van der Waals surface area contributed by atoms with Crippen molar-refractivity contribution in [1.82, 2.24) is 15.6 Å². The fourth-order valence-corrected chi connectivity index (χ4v) is 2.28. The average molecular weight is 298 g/mol. The Morgan fingerprint density at radius 1 is 1.18 bits per heavy atom. The van der Waals surface area contributed by atoms with Crippen LogP contribution in [0.5, 0.6) is 0 Å². The highest BCUT2D eigenvalue weighted by Crippen LogP contribution is 2.16. The third-order valence-corrected chi connectivity index (χ3v) is 3.51. The van der Waals surface area contributed by atoms with Gasteiger partial charge >= 0.3 is 0 Å². The van der Waals surface area contributed by atoms with Crippen molar-refractivity contribution < 1.29 is 0 Å². The molecule has 0 aliphatic rings. The van der Waals surface area contributed by atoms with Gasteiger partial charge in [-0.15, -0.1) is 0 Å². The van der Waals surface area contributed by atoms with Gasteiger partial charge in [0.05, 0.1) is 12.1 Å². The summed E-state index contributed by atoms with van der Waals surface area (Å²) in [5.74, 6) is 1.57. The number of nitrogens with zero attached hydrogens (tertiary/aromatic N) is 2. The zero-order chi connectivity index (χ0) is 15.8. The predicted octanol–water partition coefficient (Wildman–Crippen LogP) is 3.34. The molecule has 0 saturated heterocycles. The number of pyridine rings is 1.